The summed E-state index contributed by atoms with van der Waals surface area (Å²) in [6, 6.07) is 4.00. The fourth-order valence-electron chi connectivity index (χ4n) is 3.78. The van der Waals surface area contributed by atoms with Gasteiger partial charge in [0.1, 0.15) is 23.8 Å². The van der Waals surface area contributed by atoms with Crippen LogP contribution < -0.4 is 5.32 Å². The van der Waals surface area contributed by atoms with Gasteiger partial charge in [-0.05, 0) is 31.4 Å². The quantitative estimate of drug-likeness (QED) is 0.390. The van der Waals surface area contributed by atoms with Crippen molar-refractivity contribution in [2.45, 2.75) is 44.4 Å². The molecular weight excluding hydrogens is 396 g/mol. The van der Waals surface area contributed by atoms with Crippen LogP contribution in [0.3, 0.4) is 0 Å². The zero-order valence-corrected chi connectivity index (χ0v) is 16.6. The van der Waals surface area contributed by atoms with E-state index < -0.39 is 30.0 Å². The van der Waals surface area contributed by atoms with E-state index in [2.05, 4.69) is 33.0 Å². The second-order valence-electron chi connectivity index (χ2n) is 7.37. The number of carbonyl (C=O) groups excluding carboxylic acids is 3. The number of hydrogen-bond donors (Lipinski definition) is 3. The molecule has 0 radical (unpaired) electrons. The van der Waals surface area contributed by atoms with Gasteiger partial charge in [-0.25, -0.2) is 4.98 Å². The number of nitrogens with one attached hydrogen (secondary N) is 2. The Morgan fingerprint density at radius 1 is 1.23 bits per heavy atom. The Kier molecular flexibility index (Phi) is 5.57. The van der Waals surface area contributed by atoms with E-state index in [4.69, 9.17) is 6.42 Å². The van der Waals surface area contributed by atoms with Crippen LogP contribution in [0.4, 0.5) is 0 Å². The first-order valence-electron chi connectivity index (χ1n) is 9.98. The summed E-state index contributed by atoms with van der Waals surface area (Å²) in [6.45, 7) is 0. The Hall–Kier alpha value is -3.88. The minimum Gasteiger partial charge on any atom is -0.374 e. The molecule has 1 saturated heterocycles. The molecule has 1 aromatic carbocycles. The van der Waals surface area contributed by atoms with Crippen molar-refractivity contribution >= 4 is 17.7 Å². The fraction of sp³-hybridized carbons (Fsp3) is 0.304. The normalized spacial score (nSPS) is 20.0. The van der Waals surface area contributed by atoms with Gasteiger partial charge >= 0.3 is 0 Å². The molecule has 0 bridgehead atoms. The van der Waals surface area contributed by atoms with Crippen molar-refractivity contribution in [3.63, 3.8) is 0 Å². The topological polar surface area (TPSA) is 115 Å². The van der Waals surface area contributed by atoms with E-state index in [1.807, 2.05) is 0 Å². The number of rotatable bonds is 4. The number of amides is 3. The molecule has 4 rings (SSSR count). The molecule has 3 N–H and O–H groups in total. The minimum absolute atomic E-state index is 0.216. The minimum atomic E-state index is -0.959. The maximum atomic E-state index is 13.0. The molecule has 31 heavy (non-hydrogen) atoms. The number of benzene rings is 1. The molecule has 3 heterocycles. The molecule has 0 spiro atoms. The third kappa shape index (κ3) is 3.94. The van der Waals surface area contributed by atoms with E-state index in [1.54, 1.807) is 24.4 Å². The van der Waals surface area contributed by atoms with Gasteiger partial charge in [0.25, 0.3) is 11.8 Å². The summed E-state index contributed by atoms with van der Waals surface area (Å²) in [4.78, 5) is 46.3. The van der Waals surface area contributed by atoms with Crippen LogP contribution in [0.1, 0.15) is 63.5 Å². The third-order valence-corrected chi connectivity index (χ3v) is 5.31. The van der Waals surface area contributed by atoms with Crippen molar-refractivity contribution < 1.29 is 19.5 Å². The van der Waals surface area contributed by atoms with Crippen LogP contribution in [0.2, 0.25) is 0 Å². The number of aryl methyl sites for hydroxylation is 1. The second kappa shape index (κ2) is 8.47. The van der Waals surface area contributed by atoms with Crippen molar-refractivity contribution in [1.82, 2.24) is 20.2 Å². The second-order valence-corrected chi connectivity index (χ2v) is 7.37. The van der Waals surface area contributed by atoms with Gasteiger partial charge in [0.15, 0.2) is 0 Å². The number of fused-ring (bicyclic) bond motifs is 1. The maximum Gasteiger partial charge on any atom is 0.263 e. The first-order chi connectivity index (χ1) is 15.0. The average molecular weight is 416 g/mol. The number of nitrogens with zero attached hydrogens (tertiary/aromatic N) is 2. The lowest BCUT2D eigenvalue weighted by Gasteiger charge is -2.31. The summed E-state index contributed by atoms with van der Waals surface area (Å²) in [5.41, 5.74) is 1.56. The van der Waals surface area contributed by atoms with Gasteiger partial charge in [-0.1, -0.05) is 23.8 Å². The molecule has 8 nitrogen and oxygen atoms in total. The highest BCUT2D eigenvalue weighted by Crippen LogP contribution is 2.29. The van der Waals surface area contributed by atoms with Crippen LogP contribution >= 0.6 is 0 Å². The molecule has 1 aromatic heterocycles. The molecule has 2 unspecified atom stereocenters. The van der Waals surface area contributed by atoms with Crippen molar-refractivity contribution in [1.29, 1.82) is 0 Å². The van der Waals surface area contributed by atoms with Crippen LogP contribution in [0.5, 0.6) is 0 Å². The van der Waals surface area contributed by atoms with Gasteiger partial charge < -0.3 is 15.4 Å². The highest BCUT2D eigenvalue weighted by atomic mass is 16.3. The molecule has 2 aliphatic rings. The number of aliphatic hydroxyl groups excluding tert-OH is 1. The zero-order chi connectivity index (χ0) is 22.0. The van der Waals surface area contributed by atoms with E-state index >= 15 is 0 Å². The van der Waals surface area contributed by atoms with E-state index in [0.29, 0.717) is 24.1 Å². The number of aliphatic hydroxyl groups is 1. The lowest BCUT2D eigenvalue weighted by molar-refractivity contribution is -0.131. The van der Waals surface area contributed by atoms with E-state index in [9.17, 15) is 19.5 Å². The highest BCUT2D eigenvalue weighted by molar-refractivity contribution is 6.23. The van der Waals surface area contributed by atoms with Gasteiger partial charge in [-0.3, -0.25) is 19.3 Å². The number of piperidine rings is 1. The molecule has 8 heteroatoms. The predicted octanol–water partition coefficient (Wildman–Crippen LogP) is 0.958. The number of terminal acetylenes is 1. The highest BCUT2D eigenvalue weighted by Gasteiger charge is 2.45. The standard InChI is InChI=1S/C23H20N4O4/c1-2-15-13-24-18(25-15)10-5-3-4-7-14-8-6-9-16-20(14)23(31)27(22(16)30)17-11-12-19(28)26-21(17)29/h1,6,8-9,13,17,19,28H,3,5,10-12H2,(H,24,25)(H,26,29). The molecular formula is C23H20N4O4. The summed E-state index contributed by atoms with van der Waals surface area (Å²) in [7, 11) is 0. The van der Waals surface area contributed by atoms with E-state index in [1.165, 1.54) is 0 Å². The summed E-state index contributed by atoms with van der Waals surface area (Å²) in [5.74, 6) is 7.73. The van der Waals surface area contributed by atoms with E-state index in [0.717, 1.165) is 17.1 Å². The number of carbonyl (C=O) groups is 3. The number of unbranched alkanes of at least 4 members (excludes halogenated alkanes) is 1. The Morgan fingerprint density at radius 2 is 2.06 bits per heavy atom. The molecule has 2 atom stereocenters. The van der Waals surface area contributed by atoms with Crippen molar-refractivity contribution in [3.8, 4) is 24.2 Å². The monoisotopic (exact) mass is 416 g/mol. The molecule has 0 saturated carbocycles. The average Bonchev–Trinajstić information content (AvgIpc) is 3.32. The lowest BCUT2D eigenvalue weighted by atomic mass is 10.0. The van der Waals surface area contributed by atoms with Crippen molar-refractivity contribution in [2.75, 3.05) is 0 Å². The summed E-state index contributed by atoms with van der Waals surface area (Å²) < 4.78 is 0. The molecule has 3 amide bonds. The lowest BCUT2D eigenvalue weighted by Crippen LogP contribution is -2.55. The first-order valence-corrected chi connectivity index (χ1v) is 9.98. The molecule has 2 aromatic rings. The number of imide groups is 1. The SMILES string of the molecule is C#Cc1cnc(CCCC#Cc2cccc3c2C(=O)N(C2CCC(O)NC2=O)C3=O)[nH]1. The molecule has 0 aliphatic carbocycles. The summed E-state index contributed by atoms with van der Waals surface area (Å²) in [5, 5.41) is 11.9. The van der Waals surface area contributed by atoms with Crippen molar-refractivity contribution in [2.24, 2.45) is 0 Å². The Labute approximate surface area is 179 Å². The van der Waals surface area contributed by atoms with Crippen LogP contribution in [0, 0.1) is 24.2 Å². The largest absolute Gasteiger partial charge is 0.374 e. The molecule has 156 valence electrons. The molecule has 2 aliphatic heterocycles. The zero-order valence-electron chi connectivity index (χ0n) is 16.6. The third-order valence-electron chi connectivity index (χ3n) is 5.31. The van der Waals surface area contributed by atoms with Crippen LogP contribution in [0.15, 0.2) is 24.4 Å². The fourth-order valence-corrected chi connectivity index (χ4v) is 3.78. The first kappa shape index (κ1) is 20.4. The number of aromatic amines is 1. The number of aromatic nitrogens is 2. The van der Waals surface area contributed by atoms with Gasteiger partial charge in [-0.2, -0.15) is 0 Å². The molecule has 1 fully saturated rings. The van der Waals surface area contributed by atoms with Crippen LogP contribution in [-0.4, -0.2) is 50.0 Å². The van der Waals surface area contributed by atoms with Gasteiger partial charge in [0, 0.05) is 18.4 Å². The number of hydrogen-bond acceptors (Lipinski definition) is 5. The van der Waals surface area contributed by atoms with Crippen molar-refractivity contribution in [3.05, 3.63) is 52.6 Å². The Morgan fingerprint density at radius 3 is 2.81 bits per heavy atom. The summed E-state index contributed by atoms with van der Waals surface area (Å²) >= 11 is 0. The smallest absolute Gasteiger partial charge is 0.263 e. The number of H-pyrrole nitrogens is 1. The number of imidazole rings is 1. The Bertz CT molecular complexity index is 1160. The van der Waals surface area contributed by atoms with Gasteiger partial charge in [-0.15, -0.1) is 6.42 Å². The maximum absolute atomic E-state index is 13.0. The van der Waals surface area contributed by atoms with Gasteiger partial charge in [0.05, 0.1) is 17.3 Å². The van der Waals surface area contributed by atoms with Gasteiger partial charge in [0.2, 0.25) is 5.91 Å². The predicted molar refractivity (Wildman–Crippen MR) is 110 cm³/mol. The summed E-state index contributed by atoms with van der Waals surface area (Å²) in [6.07, 6.45) is 8.46. The van der Waals surface area contributed by atoms with E-state index in [-0.39, 0.29) is 24.0 Å². The van der Waals surface area contributed by atoms with Crippen LogP contribution in [0.25, 0.3) is 0 Å². The Balaban J connectivity index is 1.47. The van der Waals surface area contributed by atoms with Crippen LogP contribution in [-0.2, 0) is 11.2 Å².